The van der Waals surface area contributed by atoms with Gasteiger partial charge in [0.2, 0.25) is 5.95 Å². The molecule has 2 atom stereocenters. The van der Waals surface area contributed by atoms with Gasteiger partial charge in [0.1, 0.15) is 0 Å². The van der Waals surface area contributed by atoms with Gasteiger partial charge in [-0.15, -0.1) is 0 Å². The molecule has 0 amide bonds. The third-order valence-electron chi connectivity index (χ3n) is 5.07. The Kier molecular flexibility index (Phi) is 1.54. The van der Waals surface area contributed by atoms with Crippen LogP contribution in [0.25, 0.3) is 0 Å². The Balaban J connectivity index is 2.39. The highest BCUT2D eigenvalue weighted by Crippen LogP contribution is 2.66. The lowest BCUT2D eigenvalue weighted by Gasteiger charge is -2.34. The number of nitrogens with one attached hydrogen (secondary N) is 1. The minimum Gasteiger partial charge on any atom is -0.369 e. The van der Waals surface area contributed by atoms with Crippen molar-refractivity contribution in [3.05, 3.63) is 21.6 Å². The van der Waals surface area contributed by atoms with E-state index in [4.69, 9.17) is 5.73 Å². The lowest BCUT2D eigenvalue weighted by Crippen LogP contribution is -2.32. The van der Waals surface area contributed by atoms with Crippen LogP contribution >= 0.6 is 0 Å². The van der Waals surface area contributed by atoms with Gasteiger partial charge in [-0.05, 0) is 24.2 Å². The van der Waals surface area contributed by atoms with Gasteiger partial charge in [-0.25, -0.2) is 4.98 Å². The van der Waals surface area contributed by atoms with E-state index in [0.717, 1.165) is 24.1 Å². The molecule has 3 rings (SSSR count). The molecule has 1 aromatic rings. The maximum absolute atomic E-state index is 12.0. The number of hydrogen-bond acceptors (Lipinski definition) is 3. The number of nitrogens with two attached hydrogens (primary N) is 1. The fourth-order valence-electron chi connectivity index (χ4n) is 3.67. The van der Waals surface area contributed by atoms with Crippen LogP contribution in [0, 0.1) is 5.41 Å². The topological polar surface area (TPSA) is 71.8 Å². The Labute approximate surface area is 94.3 Å². The first-order valence-corrected chi connectivity index (χ1v) is 5.78. The van der Waals surface area contributed by atoms with Gasteiger partial charge in [0.05, 0.1) is 5.69 Å². The van der Waals surface area contributed by atoms with E-state index in [1.807, 2.05) is 0 Å². The molecule has 3 N–H and O–H groups in total. The van der Waals surface area contributed by atoms with Crippen molar-refractivity contribution in [3.8, 4) is 0 Å². The number of anilines is 1. The minimum atomic E-state index is -0.0380. The van der Waals surface area contributed by atoms with E-state index in [9.17, 15) is 4.79 Å². The van der Waals surface area contributed by atoms with Crippen LogP contribution in [-0.2, 0) is 5.41 Å². The van der Waals surface area contributed by atoms with Gasteiger partial charge in [0, 0.05) is 11.0 Å². The summed E-state index contributed by atoms with van der Waals surface area (Å²) in [5, 5.41) is 0. The molecule has 0 unspecified atom stereocenters. The third kappa shape index (κ3) is 0.829. The number of nitrogen functional groups attached to an aromatic ring is 1. The highest BCUT2D eigenvalue weighted by molar-refractivity contribution is 5.45. The van der Waals surface area contributed by atoms with Gasteiger partial charge in [0.25, 0.3) is 5.56 Å². The molecule has 2 aliphatic rings. The summed E-state index contributed by atoms with van der Waals surface area (Å²) >= 11 is 0. The van der Waals surface area contributed by atoms with Gasteiger partial charge in [0.15, 0.2) is 0 Å². The fraction of sp³-hybridized carbons (Fsp3) is 0.667. The quantitative estimate of drug-likeness (QED) is 0.695. The zero-order valence-corrected chi connectivity index (χ0v) is 9.92. The average Bonchev–Trinajstić information content (AvgIpc) is 2.48. The van der Waals surface area contributed by atoms with Gasteiger partial charge < -0.3 is 5.73 Å². The summed E-state index contributed by atoms with van der Waals surface area (Å²) in [5.41, 5.74) is 7.55. The number of fused-ring (bicyclic) bond motifs is 5. The molecule has 1 fully saturated rings. The Morgan fingerprint density at radius 2 is 2.12 bits per heavy atom. The normalized spacial score (nSPS) is 34.1. The molecule has 2 bridgehead atoms. The molecule has 0 aliphatic heterocycles. The molecular formula is C12H17N3O. The predicted octanol–water partition coefficient (Wildman–Crippen LogP) is 1.53. The van der Waals surface area contributed by atoms with Gasteiger partial charge in [-0.2, -0.15) is 0 Å². The number of aromatic amines is 1. The minimum absolute atomic E-state index is 0.00931. The molecule has 16 heavy (non-hydrogen) atoms. The smallest absolute Gasteiger partial charge is 0.256 e. The SMILES string of the molecule is CC1(C)[C@@H]2CC[C@@]1(C)c1nc(N)[nH]c(=O)c12. The van der Waals surface area contributed by atoms with Crippen LogP contribution in [-0.4, -0.2) is 9.97 Å². The largest absolute Gasteiger partial charge is 0.369 e. The van der Waals surface area contributed by atoms with E-state index in [1.165, 1.54) is 0 Å². The summed E-state index contributed by atoms with van der Waals surface area (Å²) in [5.74, 6) is 0.581. The van der Waals surface area contributed by atoms with Gasteiger partial charge in [-0.3, -0.25) is 9.78 Å². The standard InChI is InChI=1S/C12H17N3O/c1-11(2)6-4-5-12(11,3)8-7(6)9(16)15-10(13)14-8/h6H,4-5H2,1-3H3,(H3,13,14,15,16)/t6-,12+/m1/s1. The lowest BCUT2D eigenvalue weighted by atomic mass is 9.70. The zero-order valence-electron chi connectivity index (χ0n) is 9.92. The summed E-state index contributed by atoms with van der Waals surface area (Å²) in [6.45, 7) is 6.69. The predicted molar refractivity (Wildman–Crippen MR) is 62.4 cm³/mol. The van der Waals surface area contributed by atoms with E-state index < -0.39 is 0 Å². The van der Waals surface area contributed by atoms with Crippen LogP contribution in [0.1, 0.15) is 50.8 Å². The lowest BCUT2D eigenvalue weighted by molar-refractivity contribution is 0.227. The Hall–Kier alpha value is -1.32. The summed E-state index contributed by atoms with van der Waals surface area (Å²) in [7, 11) is 0. The molecule has 0 spiro atoms. The molecule has 0 radical (unpaired) electrons. The van der Waals surface area contributed by atoms with E-state index in [-0.39, 0.29) is 22.3 Å². The molecule has 1 saturated carbocycles. The summed E-state index contributed by atoms with van der Waals surface area (Å²) in [4.78, 5) is 19.0. The molecule has 2 aliphatic carbocycles. The van der Waals surface area contributed by atoms with Crippen molar-refractivity contribution in [1.82, 2.24) is 9.97 Å². The number of nitrogens with zero attached hydrogens (tertiary/aromatic N) is 1. The molecule has 1 aromatic heterocycles. The Morgan fingerprint density at radius 3 is 2.81 bits per heavy atom. The first-order valence-electron chi connectivity index (χ1n) is 5.78. The Morgan fingerprint density at radius 1 is 1.44 bits per heavy atom. The van der Waals surface area contributed by atoms with Crippen LogP contribution in [0.4, 0.5) is 5.95 Å². The van der Waals surface area contributed by atoms with Crippen molar-refractivity contribution < 1.29 is 0 Å². The van der Waals surface area contributed by atoms with Crippen molar-refractivity contribution in [2.24, 2.45) is 5.41 Å². The average molecular weight is 219 g/mol. The zero-order chi connectivity index (χ0) is 11.7. The number of aromatic nitrogens is 2. The molecule has 0 aromatic carbocycles. The Bertz CT molecular complexity index is 532. The van der Waals surface area contributed by atoms with Crippen LogP contribution in [0.3, 0.4) is 0 Å². The second-order valence-electron chi connectivity index (χ2n) is 5.86. The van der Waals surface area contributed by atoms with E-state index in [1.54, 1.807) is 0 Å². The van der Waals surface area contributed by atoms with Crippen LogP contribution in [0.2, 0.25) is 0 Å². The first kappa shape index (κ1) is 9.87. The fourth-order valence-corrected chi connectivity index (χ4v) is 3.67. The van der Waals surface area contributed by atoms with Crippen molar-refractivity contribution in [3.63, 3.8) is 0 Å². The van der Waals surface area contributed by atoms with E-state index >= 15 is 0 Å². The van der Waals surface area contributed by atoms with Gasteiger partial charge >= 0.3 is 0 Å². The van der Waals surface area contributed by atoms with Crippen LogP contribution in [0.15, 0.2) is 4.79 Å². The molecule has 1 heterocycles. The molecule has 4 nitrogen and oxygen atoms in total. The highest BCUT2D eigenvalue weighted by atomic mass is 16.1. The van der Waals surface area contributed by atoms with Crippen molar-refractivity contribution in [2.75, 3.05) is 5.73 Å². The third-order valence-corrected chi connectivity index (χ3v) is 5.07. The molecule has 86 valence electrons. The van der Waals surface area contributed by atoms with Crippen LogP contribution in [0.5, 0.6) is 0 Å². The number of rotatable bonds is 0. The molecule has 0 saturated heterocycles. The van der Waals surface area contributed by atoms with E-state index in [2.05, 4.69) is 30.7 Å². The first-order chi connectivity index (χ1) is 7.38. The van der Waals surface area contributed by atoms with Crippen molar-refractivity contribution in [2.45, 2.75) is 44.9 Å². The van der Waals surface area contributed by atoms with Crippen molar-refractivity contribution >= 4 is 5.95 Å². The van der Waals surface area contributed by atoms with Gasteiger partial charge in [-0.1, -0.05) is 20.8 Å². The van der Waals surface area contributed by atoms with Crippen LogP contribution < -0.4 is 11.3 Å². The van der Waals surface area contributed by atoms with Crippen molar-refractivity contribution in [1.29, 1.82) is 0 Å². The number of hydrogen-bond donors (Lipinski definition) is 2. The highest BCUT2D eigenvalue weighted by Gasteiger charge is 2.61. The molecular weight excluding hydrogens is 202 g/mol. The molecule has 4 heteroatoms. The maximum atomic E-state index is 12.0. The maximum Gasteiger partial charge on any atom is 0.256 e. The summed E-state index contributed by atoms with van der Waals surface area (Å²) in [6.07, 6.45) is 2.19. The monoisotopic (exact) mass is 219 g/mol. The summed E-state index contributed by atoms with van der Waals surface area (Å²) in [6, 6.07) is 0. The van der Waals surface area contributed by atoms with E-state index in [0.29, 0.717) is 5.92 Å². The second kappa shape index (κ2) is 2.50. The second-order valence-corrected chi connectivity index (χ2v) is 5.86. The number of H-pyrrole nitrogens is 1. The summed E-state index contributed by atoms with van der Waals surface area (Å²) < 4.78 is 0.